The molecule has 2 aromatic carbocycles. The fraction of sp³-hybridized carbons (Fsp3) is 0.320. The van der Waals surface area contributed by atoms with Crippen molar-refractivity contribution in [2.45, 2.75) is 45.6 Å². The van der Waals surface area contributed by atoms with Crippen LogP contribution in [-0.4, -0.2) is 27.7 Å². The number of hydrogen-bond donors (Lipinski definition) is 2. The maximum atomic E-state index is 13.3. The van der Waals surface area contributed by atoms with Gasteiger partial charge in [-0.2, -0.15) is 0 Å². The van der Waals surface area contributed by atoms with E-state index < -0.39 is 5.54 Å². The third kappa shape index (κ3) is 4.38. The van der Waals surface area contributed by atoms with Crippen LogP contribution >= 0.6 is 0 Å². The minimum Gasteiger partial charge on any atom is -0.494 e. The Kier molecular flexibility index (Phi) is 5.89. The van der Waals surface area contributed by atoms with Crippen molar-refractivity contribution >= 4 is 17.1 Å². The molecule has 0 bridgehead atoms. The molecule has 6 nitrogen and oxygen atoms in total. The highest BCUT2D eigenvalue weighted by Crippen LogP contribution is 2.41. The molecule has 0 aliphatic carbocycles. The number of H-pyrrole nitrogens is 1. The van der Waals surface area contributed by atoms with Crippen molar-refractivity contribution in [2.24, 2.45) is 0 Å². The Morgan fingerprint density at radius 2 is 1.84 bits per heavy atom. The zero-order valence-corrected chi connectivity index (χ0v) is 18.2. The normalized spacial score (nSPS) is 18.7. The fourth-order valence-corrected chi connectivity index (χ4v) is 3.94. The molecule has 160 valence electrons. The van der Waals surface area contributed by atoms with Crippen LogP contribution in [0.4, 0.5) is 0 Å². The number of amides is 1. The Hall–Kier alpha value is -3.41. The Balaban J connectivity index is 1.70. The Morgan fingerprint density at radius 3 is 2.48 bits per heavy atom. The van der Waals surface area contributed by atoms with E-state index in [0.29, 0.717) is 24.4 Å². The van der Waals surface area contributed by atoms with Gasteiger partial charge in [-0.05, 0) is 49.1 Å². The molecular formula is C25H28N4O2. The van der Waals surface area contributed by atoms with Crippen LogP contribution in [0.3, 0.4) is 0 Å². The van der Waals surface area contributed by atoms with Gasteiger partial charge in [-0.3, -0.25) is 4.79 Å². The maximum absolute atomic E-state index is 13.3. The van der Waals surface area contributed by atoms with E-state index in [1.807, 2.05) is 24.3 Å². The van der Waals surface area contributed by atoms with E-state index in [1.165, 1.54) is 11.9 Å². The number of benzene rings is 2. The highest BCUT2D eigenvalue weighted by atomic mass is 16.5. The van der Waals surface area contributed by atoms with Crippen LogP contribution in [0, 0.1) is 6.92 Å². The van der Waals surface area contributed by atoms with Gasteiger partial charge in [-0.25, -0.2) is 0 Å². The van der Waals surface area contributed by atoms with E-state index in [2.05, 4.69) is 65.5 Å². The van der Waals surface area contributed by atoms with Gasteiger partial charge in [0.25, 0.3) is 5.91 Å². The zero-order valence-electron chi connectivity index (χ0n) is 18.2. The standard InChI is InChI=1S/C25H28N4O2/c1-4-5-14-31-20-12-10-19(11-13-20)25(3)15-21(18-8-6-17(2)7-9-18)22(24(30)28-25)23-26-16-27-29-23/h6-13,16H,4-5,14-15H2,1-3H3,(H,28,30)(H,26,27,29). The van der Waals surface area contributed by atoms with Gasteiger partial charge in [0.05, 0.1) is 17.7 Å². The third-order valence-corrected chi connectivity index (χ3v) is 5.76. The molecule has 1 amide bonds. The van der Waals surface area contributed by atoms with Crippen molar-refractivity contribution in [3.63, 3.8) is 0 Å². The SMILES string of the molecule is CCCCOc1ccc(C2(C)CC(c3ccc(C)cc3)=C(c3nnc[nH]3)C(=O)N2)cc1. The molecule has 1 aliphatic heterocycles. The fourth-order valence-electron chi connectivity index (χ4n) is 3.94. The smallest absolute Gasteiger partial charge is 0.256 e. The maximum Gasteiger partial charge on any atom is 0.256 e. The summed E-state index contributed by atoms with van der Waals surface area (Å²) in [7, 11) is 0. The molecule has 0 fully saturated rings. The average molecular weight is 417 g/mol. The summed E-state index contributed by atoms with van der Waals surface area (Å²) in [5, 5.41) is 11.2. The van der Waals surface area contributed by atoms with Crippen molar-refractivity contribution < 1.29 is 9.53 Å². The minimum absolute atomic E-state index is 0.163. The quantitative estimate of drug-likeness (QED) is 0.550. The molecule has 1 atom stereocenters. The first kappa shape index (κ1) is 20.8. The van der Waals surface area contributed by atoms with Gasteiger partial charge < -0.3 is 15.0 Å². The minimum atomic E-state index is -0.553. The molecule has 6 heteroatoms. The zero-order chi connectivity index (χ0) is 21.8. The van der Waals surface area contributed by atoms with Gasteiger partial charge in [-0.1, -0.05) is 55.3 Å². The average Bonchev–Trinajstić information content (AvgIpc) is 3.29. The van der Waals surface area contributed by atoms with E-state index in [9.17, 15) is 4.79 Å². The van der Waals surface area contributed by atoms with E-state index in [-0.39, 0.29) is 5.91 Å². The van der Waals surface area contributed by atoms with Crippen molar-refractivity contribution in [3.8, 4) is 5.75 Å². The van der Waals surface area contributed by atoms with Crippen LogP contribution in [0.2, 0.25) is 0 Å². The summed E-state index contributed by atoms with van der Waals surface area (Å²) in [6.07, 6.45) is 4.26. The summed E-state index contributed by atoms with van der Waals surface area (Å²) in [5.74, 6) is 1.17. The molecule has 0 saturated carbocycles. The molecule has 1 aromatic heterocycles. The molecule has 1 unspecified atom stereocenters. The lowest BCUT2D eigenvalue weighted by atomic mass is 9.78. The highest BCUT2D eigenvalue weighted by molar-refractivity contribution is 6.27. The number of aromatic nitrogens is 3. The van der Waals surface area contributed by atoms with Gasteiger partial charge in [0.1, 0.15) is 12.1 Å². The number of carbonyl (C=O) groups excluding carboxylic acids is 1. The van der Waals surface area contributed by atoms with Crippen LogP contribution in [0.5, 0.6) is 5.75 Å². The van der Waals surface area contributed by atoms with Crippen molar-refractivity contribution in [2.75, 3.05) is 6.61 Å². The Labute approximate surface area is 182 Å². The summed E-state index contributed by atoms with van der Waals surface area (Å²) in [5.41, 5.74) is 4.15. The number of aromatic amines is 1. The topological polar surface area (TPSA) is 79.9 Å². The van der Waals surface area contributed by atoms with Gasteiger partial charge in [0.15, 0.2) is 5.82 Å². The molecule has 2 N–H and O–H groups in total. The van der Waals surface area contributed by atoms with E-state index in [4.69, 9.17) is 4.74 Å². The first-order chi connectivity index (χ1) is 15.0. The van der Waals surface area contributed by atoms with E-state index in [1.54, 1.807) is 0 Å². The second kappa shape index (κ2) is 8.76. The van der Waals surface area contributed by atoms with Gasteiger partial charge in [-0.15, -0.1) is 10.2 Å². The molecule has 0 saturated heterocycles. The number of nitrogens with one attached hydrogen (secondary N) is 2. The molecule has 4 rings (SSSR count). The van der Waals surface area contributed by atoms with Crippen molar-refractivity contribution in [3.05, 3.63) is 77.4 Å². The van der Waals surface area contributed by atoms with Crippen LogP contribution in [-0.2, 0) is 10.3 Å². The van der Waals surface area contributed by atoms with Crippen LogP contribution < -0.4 is 10.1 Å². The van der Waals surface area contributed by atoms with E-state index >= 15 is 0 Å². The molecule has 0 radical (unpaired) electrons. The summed E-state index contributed by atoms with van der Waals surface area (Å²) < 4.78 is 5.79. The van der Waals surface area contributed by atoms with Crippen molar-refractivity contribution in [1.82, 2.24) is 20.5 Å². The van der Waals surface area contributed by atoms with Gasteiger partial charge >= 0.3 is 0 Å². The second-order valence-electron chi connectivity index (χ2n) is 8.25. The number of carbonyl (C=O) groups is 1. The van der Waals surface area contributed by atoms with Crippen LogP contribution in [0.25, 0.3) is 11.1 Å². The van der Waals surface area contributed by atoms with E-state index in [0.717, 1.165) is 35.3 Å². The number of nitrogens with zero attached hydrogens (tertiary/aromatic N) is 2. The Bertz CT molecular complexity index is 1070. The molecule has 2 heterocycles. The number of ether oxygens (including phenoxy) is 1. The summed E-state index contributed by atoms with van der Waals surface area (Å²) in [6, 6.07) is 16.3. The number of unbranched alkanes of at least 4 members (excludes halogenated alkanes) is 1. The van der Waals surface area contributed by atoms with Crippen molar-refractivity contribution in [1.29, 1.82) is 0 Å². The first-order valence-electron chi connectivity index (χ1n) is 10.7. The molecular weight excluding hydrogens is 388 g/mol. The lowest BCUT2D eigenvalue weighted by molar-refractivity contribution is -0.117. The lowest BCUT2D eigenvalue weighted by Gasteiger charge is -2.37. The molecule has 31 heavy (non-hydrogen) atoms. The lowest BCUT2D eigenvalue weighted by Crippen LogP contribution is -2.47. The predicted molar refractivity (Wildman–Crippen MR) is 121 cm³/mol. The number of rotatable bonds is 7. The van der Waals surface area contributed by atoms with Gasteiger partial charge in [0, 0.05) is 6.42 Å². The molecule has 0 spiro atoms. The number of hydrogen-bond acceptors (Lipinski definition) is 4. The Morgan fingerprint density at radius 1 is 1.10 bits per heavy atom. The molecule has 3 aromatic rings. The van der Waals surface area contributed by atoms with Gasteiger partial charge in [0.2, 0.25) is 0 Å². The monoisotopic (exact) mass is 416 g/mol. The first-order valence-corrected chi connectivity index (χ1v) is 10.7. The van der Waals surface area contributed by atoms with Crippen LogP contribution in [0.1, 0.15) is 55.6 Å². The summed E-state index contributed by atoms with van der Waals surface area (Å²) in [6.45, 7) is 6.97. The highest BCUT2D eigenvalue weighted by Gasteiger charge is 2.38. The largest absolute Gasteiger partial charge is 0.494 e. The third-order valence-electron chi connectivity index (χ3n) is 5.76. The second-order valence-corrected chi connectivity index (χ2v) is 8.25. The summed E-state index contributed by atoms with van der Waals surface area (Å²) >= 11 is 0. The van der Waals surface area contributed by atoms with Crippen LogP contribution in [0.15, 0.2) is 54.9 Å². The number of aryl methyl sites for hydroxylation is 1. The predicted octanol–water partition coefficient (Wildman–Crippen LogP) is 4.64. The molecule has 1 aliphatic rings. The summed E-state index contributed by atoms with van der Waals surface area (Å²) in [4.78, 5) is 16.3.